The number of hydrogen-bond donors (Lipinski definition) is 2. The summed E-state index contributed by atoms with van der Waals surface area (Å²) in [6.07, 6.45) is -4.11. The lowest BCUT2D eigenvalue weighted by atomic mass is 9.34. The quantitative estimate of drug-likeness (QED) is 0.771. The molecule has 2 bridgehead atoms. The predicted molar refractivity (Wildman–Crippen MR) is 45.4 cm³/mol. The largest absolute Gasteiger partial charge is 0.465 e. The molecule has 0 aromatic rings. The second kappa shape index (κ2) is 2.80. The van der Waals surface area contributed by atoms with Gasteiger partial charge in [0.15, 0.2) is 0 Å². The van der Waals surface area contributed by atoms with Crippen LogP contribution in [-0.2, 0) is 0 Å². The first-order chi connectivity index (χ1) is 6.79. The molecule has 3 rings (SSSR count). The van der Waals surface area contributed by atoms with Crippen molar-refractivity contribution in [2.24, 2.45) is 10.8 Å². The average molecular weight is 223 g/mol. The van der Waals surface area contributed by atoms with E-state index in [0.717, 1.165) is 0 Å². The third-order valence-corrected chi connectivity index (χ3v) is 3.67. The number of carbonyl (C=O) groups is 1. The molecule has 15 heavy (non-hydrogen) atoms. The summed E-state index contributed by atoms with van der Waals surface area (Å²) in [5, 5.41) is 10.5. The molecule has 0 aromatic heterocycles. The summed E-state index contributed by atoms with van der Waals surface area (Å²) in [6.45, 7) is 0.253. The lowest BCUT2D eigenvalue weighted by molar-refractivity contribution is -0.364. The second-order valence-corrected chi connectivity index (χ2v) is 4.79. The molecule has 0 atom stereocenters. The topological polar surface area (TPSA) is 49.3 Å². The van der Waals surface area contributed by atoms with Crippen LogP contribution in [0.4, 0.5) is 18.0 Å². The van der Waals surface area contributed by atoms with E-state index in [9.17, 15) is 18.0 Å². The van der Waals surface area contributed by atoms with Gasteiger partial charge in [-0.1, -0.05) is 0 Å². The predicted octanol–water partition coefficient (Wildman–Crippen LogP) is 2.38. The van der Waals surface area contributed by atoms with Crippen LogP contribution in [0.1, 0.15) is 25.7 Å². The molecule has 3 aliphatic rings. The van der Waals surface area contributed by atoms with Crippen LogP contribution in [-0.4, -0.2) is 23.9 Å². The molecular formula is C9H12F3NO2. The third-order valence-electron chi connectivity index (χ3n) is 3.67. The van der Waals surface area contributed by atoms with Gasteiger partial charge in [0.05, 0.1) is 5.41 Å². The first kappa shape index (κ1) is 10.6. The lowest BCUT2D eigenvalue weighted by Crippen LogP contribution is -2.68. The van der Waals surface area contributed by atoms with Gasteiger partial charge in [-0.3, -0.25) is 0 Å². The summed E-state index contributed by atoms with van der Waals surface area (Å²) in [5.41, 5.74) is -1.64. The molecule has 2 N–H and O–H groups in total. The Morgan fingerprint density at radius 2 is 1.87 bits per heavy atom. The van der Waals surface area contributed by atoms with Crippen molar-refractivity contribution < 1.29 is 23.1 Å². The van der Waals surface area contributed by atoms with Gasteiger partial charge in [-0.05, 0) is 31.1 Å². The molecule has 3 aliphatic carbocycles. The zero-order valence-electron chi connectivity index (χ0n) is 8.02. The maximum Gasteiger partial charge on any atom is 0.404 e. The van der Waals surface area contributed by atoms with E-state index in [0.29, 0.717) is 6.42 Å². The molecule has 86 valence electrons. The SMILES string of the molecule is O=C(O)NCCC12CC(C(F)(F)F)(C1)C2. The third kappa shape index (κ3) is 1.46. The van der Waals surface area contributed by atoms with Crippen LogP contribution in [0.25, 0.3) is 0 Å². The zero-order valence-corrected chi connectivity index (χ0v) is 8.02. The molecule has 3 nitrogen and oxygen atoms in total. The van der Waals surface area contributed by atoms with Crippen molar-refractivity contribution >= 4 is 6.09 Å². The van der Waals surface area contributed by atoms with Gasteiger partial charge in [-0.25, -0.2) is 4.79 Å². The van der Waals surface area contributed by atoms with Gasteiger partial charge in [0, 0.05) is 6.54 Å². The van der Waals surface area contributed by atoms with E-state index in [1.54, 1.807) is 0 Å². The molecule has 0 aromatic carbocycles. The van der Waals surface area contributed by atoms with Crippen LogP contribution in [0, 0.1) is 10.8 Å². The first-order valence-corrected chi connectivity index (χ1v) is 4.82. The van der Waals surface area contributed by atoms with E-state index in [4.69, 9.17) is 5.11 Å². The maximum absolute atomic E-state index is 12.4. The highest BCUT2D eigenvalue weighted by Gasteiger charge is 2.77. The van der Waals surface area contributed by atoms with E-state index < -0.39 is 17.7 Å². The molecule has 6 heteroatoms. The van der Waals surface area contributed by atoms with Gasteiger partial charge in [-0.15, -0.1) is 0 Å². The number of halogens is 3. The summed E-state index contributed by atoms with van der Waals surface area (Å²) in [4.78, 5) is 10.1. The molecule has 3 saturated carbocycles. The van der Waals surface area contributed by atoms with Crippen LogP contribution in [0.2, 0.25) is 0 Å². The van der Waals surface area contributed by atoms with E-state index in [-0.39, 0.29) is 31.2 Å². The summed E-state index contributed by atoms with van der Waals surface area (Å²) < 4.78 is 37.3. The van der Waals surface area contributed by atoms with Crippen LogP contribution in [0.15, 0.2) is 0 Å². The van der Waals surface area contributed by atoms with Crippen molar-refractivity contribution in [3.05, 3.63) is 0 Å². The van der Waals surface area contributed by atoms with E-state index in [2.05, 4.69) is 5.32 Å². The number of hydrogen-bond acceptors (Lipinski definition) is 1. The molecule has 0 unspecified atom stereocenters. The minimum absolute atomic E-state index is 0.185. The zero-order chi connectivity index (χ0) is 11.3. The Morgan fingerprint density at radius 1 is 1.33 bits per heavy atom. The Hall–Kier alpha value is -0.940. The molecule has 0 aliphatic heterocycles. The van der Waals surface area contributed by atoms with Crippen molar-refractivity contribution in [1.29, 1.82) is 0 Å². The van der Waals surface area contributed by atoms with Crippen molar-refractivity contribution in [2.75, 3.05) is 6.54 Å². The molecule has 0 spiro atoms. The normalized spacial score (nSPS) is 37.8. The van der Waals surface area contributed by atoms with Gasteiger partial charge in [0.1, 0.15) is 0 Å². The van der Waals surface area contributed by atoms with Crippen molar-refractivity contribution in [1.82, 2.24) is 5.32 Å². The molecule has 0 heterocycles. The number of rotatable bonds is 3. The highest BCUT2D eigenvalue weighted by atomic mass is 19.4. The monoisotopic (exact) mass is 223 g/mol. The number of alkyl halides is 3. The average Bonchev–Trinajstić information content (AvgIpc) is 1.87. The second-order valence-electron chi connectivity index (χ2n) is 4.79. The number of carboxylic acid groups (broad SMARTS) is 1. The highest BCUT2D eigenvalue weighted by molar-refractivity contribution is 5.64. The standard InChI is InChI=1S/C9H12F3NO2/c10-9(11,12)8-3-7(4-8,5-8)1-2-13-6(14)15/h13H,1-5H2,(H,14,15). The summed E-state index contributed by atoms with van der Waals surface area (Å²) in [6, 6.07) is 0. The Bertz CT molecular complexity index is 280. The molecule has 0 saturated heterocycles. The minimum Gasteiger partial charge on any atom is -0.465 e. The van der Waals surface area contributed by atoms with Crippen molar-refractivity contribution in [3.8, 4) is 0 Å². The minimum atomic E-state index is -4.07. The Kier molecular flexibility index (Phi) is 1.97. The molecular weight excluding hydrogens is 211 g/mol. The Labute approximate surface area is 84.6 Å². The summed E-state index contributed by atoms with van der Waals surface area (Å²) >= 11 is 0. The van der Waals surface area contributed by atoms with E-state index in [1.807, 2.05) is 0 Å². The number of nitrogens with one attached hydrogen (secondary N) is 1. The first-order valence-electron chi connectivity index (χ1n) is 4.82. The van der Waals surface area contributed by atoms with E-state index in [1.165, 1.54) is 0 Å². The smallest absolute Gasteiger partial charge is 0.404 e. The molecule has 3 fully saturated rings. The Morgan fingerprint density at radius 3 is 2.27 bits per heavy atom. The Balaban J connectivity index is 1.76. The van der Waals surface area contributed by atoms with Crippen molar-refractivity contribution in [2.45, 2.75) is 31.9 Å². The fraction of sp³-hybridized carbons (Fsp3) is 0.889. The maximum atomic E-state index is 12.4. The number of amides is 1. The van der Waals surface area contributed by atoms with Crippen molar-refractivity contribution in [3.63, 3.8) is 0 Å². The summed E-state index contributed by atoms with van der Waals surface area (Å²) in [7, 11) is 0. The molecule has 0 radical (unpaired) electrons. The summed E-state index contributed by atoms with van der Waals surface area (Å²) in [5.74, 6) is 0. The van der Waals surface area contributed by atoms with Crippen LogP contribution in [0.5, 0.6) is 0 Å². The van der Waals surface area contributed by atoms with Gasteiger partial charge in [0.2, 0.25) is 0 Å². The van der Waals surface area contributed by atoms with Crippen LogP contribution in [0.3, 0.4) is 0 Å². The van der Waals surface area contributed by atoms with Gasteiger partial charge < -0.3 is 10.4 Å². The van der Waals surface area contributed by atoms with Crippen LogP contribution >= 0.6 is 0 Å². The van der Waals surface area contributed by atoms with Crippen LogP contribution < -0.4 is 5.32 Å². The fourth-order valence-electron chi connectivity index (χ4n) is 3.00. The van der Waals surface area contributed by atoms with Gasteiger partial charge in [0.25, 0.3) is 0 Å². The van der Waals surface area contributed by atoms with Gasteiger partial charge in [-0.2, -0.15) is 13.2 Å². The van der Waals surface area contributed by atoms with E-state index >= 15 is 0 Å². The lowest BCUT2D eigenvalue weighted by Gasteiger charge is -2.71. The fourth-order valence-corrected chi connectivity index (χ4v) is 3.00. The molecule has 1 amide bonds. The van der Waals surface area contributed by atoms with Gasteiger partial charge >= 0.3 is 12.3 Å². The highest BCUT2D eigenvalue weighted by Crippen LogP contribution is 2.79.